The first-order chi connectivity index (χ1) is 6.09. The Morgan fingerprint density at radius 1 is 1.54 bits per heavy atom. The molecule has 0 fully saturated rings. The van der Waals surface area contributed by atoms with Crippen molar-refractivity contribution in [2.45, 2.75) is 0 Å². The first kappa shape index (κ1) is 9.04. The van der Waals surface area contributed by atoms with Crippen molar-refractivity contribution in [3.63, 3.8) is 0 Å². The summed E-state index contributed by atoms with van der Waals surface area (Å²) in [4.78, 5) is 21.3. The highest BCUT2D eigenvalue weighted by molar-refractivity contribution is 5.93. The summed E-state index contributed by atoms with van der Waals surface area (Å²) in [7, 11) is 1.68. The number of amides is 3. The quantitative estimate of drug-likeness (QED) is 0.473. The zero-order valence-electron chi connectivity index (χ0n) is 6.94. The zero-order valence-corrected chi connectivity index (χ0v) is 6.94. The number of nitrogens with one attached hydrogen (secondary N) is 2. The first-order valence-corrected chi connectivity index (χ1v) is 3.45. The third kappa shape index (κ3) is 2.47. The molecule has 1 aromatic rings. The van der Waals surface area contributed by atoms with Crippen molar-refractivity contribution in [1.29, 1.82) is 0 Å². The molecular formula is C6H9N5O2. The van der Waals surface area contributed by atoms with Gasteiger partial charge < -0.3 is 5.73 Å². The third-order valence-electron chi connectivity index (χ3n) is 1.25. The molecule has 13 heavy (non-hydrogen) atoms. The van der Waals surface area contributed by atoms with Crippen molar-refractivity contribution >= 4 is 11.9 Å². The van der Waals surface area contributed by atoms with Crippen LogP contribution in [-0.2, 0) is 7.05 Å². The van der Waals surface area contributed by atoms with Crippen LogP contribution in [0, 0.1) is 0 Å². The van der Waals surface area contributed by atoms with Crippen molar-refractivity contribution in [1.82, 2.24) is 20.6 Å². The summed E-state index contributed by atoms with van der Waals surface area (Å²) in [5, 5.41) is 3.80. The lowest BCUT2D eigenvalue weighted by Crippen LogP contribution is -2.44. The molecular weight excluding hydrogens is 174 g/mol. The Balaban J connectivity index is 2.54. The smallest absolute Gasteiger partial charge is 0.330 e. The highest BCUT2D eigenvalue weighted by Gasteiger charge is 2.07. The number of aromatic nitrogens is 2. The van der Waals surface area contributed by atoms with Crippen molar-refractivity contribution in [3.8, 4) is 0 Å². The maximum atomic E-state index is 11.1. The van der Waals surface area contributed by atoms with E-state index in [4.69, 9.17) is 5.73 Å². The summed E-state index contributed by atoms with van der Waals surface area (Å²) in [5.41, 5.74) is 8.95. The Bertz CT molecular complexity index is 332. The van der Waals surface area contributed by atoms with E-state index in [0.717, 1.165) is 0 Å². The molecule has 70 valence electrons. The van der Waals surface area contributed by atoms with Crippen molar-refractivity contribution in [2.75, 3.05) is 0 Å². The highest BCUT2D eigenvalue weighted by atomic mass is 16.2. The minimum atomic E-state index is -0.829. The predicted octanol–water partition coefficient (Wildman–Crippen LogP) is -1.27. The molecule has 0 unspecified atom stereocenters. The van der Waals surface area contributed by atoms with E-state index in [0.29, 0.717) is 0 Å². The molecule has 4 N–H and O–H groups in total. The Labute approximate surface area is 73.9 Å². The van der Waals surface area contributed by atoms with E-state index in [1.165, 1.54) is 10.7 Å². The van der Waals surface area contributed by atoms with Gasteiger partial charge in [-0.3, -0.25) is 14.9 Å². The Morgan fingerprint density at radius 3 is 2.69 bits per heavy atom. The maximum Gasteiger partial charge on any atom is 0.330 e. The van der Waals surface area contributed by atoms with E-state index in [-0.39, 0.29) is 5.69 Å². The van der Waals surface area contributed by atoms with E-state index in [9.17, 15) is 9.59 Å². The van der Waals surface area contributed by atoms with Crippen LogP contribution in [0.2, 0.25) is 0 Å². The standard InChI is InChI=1S/C6H9N5O2/c1-11-3-2-4(10-11)5(12)8-9-6(7)13/h2-3H,1H3,(H,8,12)(H3,7,9,13). The minimum Gasteiger partial charge on any atom is -0.350 e. The summed E-state index contributed by atoms with van der Waals surface area (Å²) in [6.07, 6.45) is 1.61. The molecule has 1 heterocycles. The number of rotatable bonds is 1. The topological polar surface area (TPSA) is 102 Å². The molecule has 0 aliphatic rings. The van der Waals surface area contributed by atoms with Crippen LogP contribution in [0.5, 0.6) is 0 Å². The SMILES string of the molecule is Cn1ccc(C(=O)NNC(N)=O)n1. The van der Waals surface area contributed by atoms with Gasteiger partial charge in [-0.25, -0.2) is 10.2 Å². The molecule has 1 rings (SSSR count). The number of carbonyl (C=O) groups excluding carboxylic acids is 2. The Hall–Kier alpha value is -2.05. The minimum absolute atomic E-state index is 0.205. The molecule has 7 heteroatoms. The van der Waals surface area contributed by atoms with Crippen molar-refractivity contribution in [2.24, 2.45) is 12.8 Å². The van der Waals surface area contributed by atoms with E-state index in [2.05, 4.69) is 10.5 Å². The number of nitrogens with zero attached hydrogens (tertiary/aromatic N) is 2. The van der Waals surface area contributed by atoms with Crippen LogP contribution in [0.15, 0.2) is 12.3 Å². The average Bonchev–Trinajstić information content (AvgIpc) is 2.47. The number of hydrogen-bond donors (Lipinski definition) is 3. The zero-order chi connectivity index (χ0) is 9.84. The van der Waals surface area contributed by atoms with Gasteiger partial charge in [0.25, 0.3) is 5.91 Å². The second-order valence-electron chi connectivity index (χ2n) is 2.32. The van der Waals surface area contributed by atoms with Crippen LogP contribution < -0.4 is 16.6 Å². The predicted molar refractivity (Wildman–Crippen MR) is 43.4 cm³/mol. The highest BCUT2D eigenvalue weighted by Crippen LogP contribution is 1.91. The third-order valence-corrected chi connectivity index (χ3v) is 1.25. The lowest BCUT2D eigenvalue weighted by molar-refractivity contribution is 0.0931. The molecule has 1 aromatic heterocycles. The van der Waals surface area contributed by atoms with E-state index >= 15 is 0 Å². The lowest BCUT2D eigenvalue weighted by atomic mass is 10.4. The molecule has 0 aliphatic carbocycles. The number of urea groups is 1. The van der Waals surface area contributed by atoms with Crippen LogP contribution in [0.25, 0.3) is 0 Å². The fourth-order valence-electron chi connectivity index (χ4n) is 0.719. The van der Waals surface area contributed by atoms with Gasteiger partial charge in [0, 0.05) is 13.2 Å². The summed E-state index contributed by atoms with van der Waals surface area (Å²) >= 11 is 0. The Morgan fingerprint density at radius 2 is 2.23 bits per heavy atom. The molecule has 0 bridgehead atoms. The number of aryl methyl sites for hydroxylation is 1. The average molecular weight is 183 g/mol. The number of carbonyl (C=O) groups is 2. The summed E-state index contributed by atoms with van der Waals surface area (Å²) in [6.45, 7) is 0. The van der Waals surface area contributed by atoms with Crippen LogP contribution in [-0.4, -0.2) is 21.7 Å². The monoisotopic (exact) mass is 183 g/mol. The van der Waals surface area contributed by atoms with Gasteiger partial charge in [0.05, 0.1) is 0 Å². The van der Waals surface area contributed by atoms with E-state index in [1.807, 2.05) is 5.43 Å². The molecule has 7 nitrogen and oxygen atoms in total. The Kier molecular flexibility index (Phi) is 2.48. The van der Waals surface area contributed by atoms with Crippen LogP contribution >= 0.6 is 0 Å². The largest absolute Gasteiger partial charge is 0.350 e. The van der Waals surface area contributed by atoms with Crippen molar-refractivity contribution in [3.05, 3.63) is 18.0 Å². The van der Waals surface area contributed by atoms with Gasteiger partial charge in [0.15, 0.2) is 5.69 Å². The second-order valence-corrected chi connectivity index (χ2v) is 2.32. The van der Waals surface area contributed by atoms with Crippen molar-refractivity contribution < 1.29 is 9.59 Å². The van der Waals surface area contributed by atoms with Gasteiger partial charge >= 0.3 is 6.03 Å². The van der Waals surface area contributed by atoms with Crippen LogP contribution in [0.1, 0.15) is 10.5 Å². The fourth-order valence-corrected chi connectivity index (χ4v) is 0.719. The second kappa shape index (κ2) is 3.57. The lowest BCUT2D eigenvalue weighted by Gasteiger charge is -2.00. The molecule has 0 spiro atoms. The number of hydrazine groups is 1. The molecule has 3 amide bonds. The summed E-state index contributed by atoms with van der Waals surface area (Å²) in [5.74, 6) is -0.514. The van der Waals surface area contributed by atoms with Gasteiger partial charge in [-0.05, 0) is 6.07 Å². The van der Waals surface area contributed by atoms with Gasteiger partial charge in [0.2, 0.25) is 0 Å². The van der Waals surface area contributed by atoms with Crippen LogP contribution in [0.4, 0.5) is 4.79 Å². The van der Waals surface area contributed by atoms with Crippen LogP contribution in [0.3, 0.4) is 0 Å². The summed E-state index contributed by atoms with van der Waals surface area (Å²) in [6, 6.07) is 0.683. The number of primary amides is 1. The number of hydrogen-bond acceptors (Lipinski definition) is 3. The van der Waals surface area contributed by atoms with Gasteiger partial charge in [-0.15, -0.1) is 0 Å². The summed E-state index contributed by atoms with van der Waals surface area (Å²) < 4.78 is 1.47. The fraction of sp³-hybridized carbons (Fsp3) is 0.167. The maximum absolute atomic E-state index is 11.1. The first-order valence-electron chi connectivity index (χ1n) is 3.45. The van der Waals surface area contributed by atoms with Gasteiger partial charge in [-0.1, -0.05) is 0 Å². The van der Waals surface area contributed by atoms with Gasteiger partial charge in [0.1, 0.15) is 0 Å². The van der Waals surface area contributed by atoms with E-state index < -0.39 is 11.9 Å². The molecule has 0 saturated heterocycles. The molecule has 0 atom stereocenters. The number of nitrogens with two attached hydrogens (primary N) is 1. The van der Waals surface area contributed by atoms with Gasteiger partial charge in [-0.2, -0.15) is 5.10 Å². The normalized spacial score (nSPS) is 9.31. The molecule has 0 radical (unpaired) electrons. The molecule has 0 aliphatic heterocycles. The molecule has 0 saturated carbocycles. The molecule has 0 aromatic carbocycles. The van der Waals surface area contributed by atoms with E-state index in [1.54, 1.807) is 13.2 Å².